The van der Waals surface area contributed by atoms with Crippen molar-refractivity contribution in [1.29, 1.82) is 0 Å². The van der Waals surface area contributed by atoms with E-state index in [1.54, 1.807) is 19.1 Å². The zero-order valence-electron chi connectivity index (χ0n) is 14.7. The number of anilines is 1. The number of thioether (sulfide) groups is 1. The van der Waals surface area contributed by atoms with Gasteiger partial charge in [-0.2, -0.15) is 0 Å². The lowest BCUT2D eigenvalue weighted by Crippen LogP contribution is -2.19. The van der Waals surface area contributed by atoms with Gasteiger partial charge in [-0.25, -0.2) is 14.8 Å². The third kappa shape index (κ3) is 3.37. The second-order valence-electron chi connectivity index (χ2n) is 5.80. The fraction of sp³-hybridized carbons (Fsp3) is 0.333. The number of benzene rings is 1. The third-order valence-corrected chi connectivity index (χ3v) is 5.30. The van der Waals surface area contributed by atoms with Gasteiger partial charge in [-0.1, -0.05) is 17.8 Å². The summed E-state index contributed by atoms with van der Waals surface area (Å²) in [5.41, 5.74) is 9.48. The van der Waals surface area contributed by atoms with Gasteiger partial charge in [0, 0.05) is 17.5 Å². The van der Waals surface area contributed by atoms with Crippen LogP contribution in [0.5, 0.6) is 0 Å². The maximum absolute atomic E-state index is 12.1. The third-order valence-electron chi connectivity index (χ3n) is 4.09. The molecule has 0 fully saturated rings. The van der Waals surface area contributed by atoms with Crippen molar-refractivity contribution in [2.24, 2.45) is 0 Å². The van der Waals surface area contributed by atoms with Crippen LogP contribution in [0.2, 0.25) is 0 Å². The number of nitrogens with two attached hydrogens (primary N) is 1. The van der Waals surface area contributed by atoms with Gasteiger partial charge in [-0.05, 0) is 31.5 Å². The van der Waals surface area contributed by atoms with E-state index in [1.807, 2.05) is 13.0 Å². The van der Waals surface area contributed by atoms with Crippen LogP contribution in [0.15, 0.2) is 23.2 Å². The quantitative estimate of drug-likeness (QED) is 0.643. The molecule has 3 rings (SSSR count). The number of methoxy groups -OCH3 is 1. The number of nitrogen functional groups attached to an aromatic ring is 1. The molecule has 1 aliphatic heterocycles. The Labute approximate surface area is 155 Å². The molecular weight excluding hydrogens is 354 g/mol. The van der Waals surface area contributed by atoms with E-state index in [0.717, 1.165) is 16.7 Å². The molecule has 7 nitrogen and oxygen atoms in total. The van der Waals surface area contributed by atoms with E-state index in [-0.39, 0.29) is 17.2 Å². The number of carbonyl (C=O) groups excluding carboxylic acids is 2. The summed E-state index contributed by atoms with van der Waals surface area (Å²) in [4.78, 5) is 32.6. The Morgan fingerprint density at radius 3 is 2.81 bits per heavy atom. The van der Waals surface area contributed by atoms with E-state index in [2.05, 4.69) is 9.97 Å². The predicted octanol–water partition coefficient (Wildman–Crippen LogP) is 2.40. The van der Waals surface area contributed by atoms with Crippen molar-refractivity contribution in [1.82, 2.24) is 9.97 Å². The lowest BCUT2D eigenvalue weighted by Gasteiger charge is -2.12. The van der Waals surface area contributed by atoms with Gasteiger partial charge in [-0.15, -0.1) is 0 Å². The highest BCUT2D eigenvalue weighted by Gasteiger charge is 2.34. The molecule has 2 heterocycles. The van der Waals surface area contributed by atoms with E-state index in [9.17, 15) is 9.59 Å². The lowest BCUT2D eigenvalue weighted by atomic mass is 9.97. The average Bonchev–Trinajstić information content (AvgIpc) is 3.05. The molecule has 0 saturated heterocycles. The minimum Gasteiger partial charge on any atom is -0.465 e. The highest BCUT2D eigenvalue weighted by atomic mass is 32.2. The molecule has 0 radical (unpaired) electrons. The molecule has 1 unspecified atom stereocenters. The first-order chi connectivity index (χ1) is 12.4. The Balaban J connectivity index is 2.07. The number of rotatable bonds is 4. The number of carbonyl (C=O) groups is 2. The van der Waals surface area contributed by atoms with Gasteiger partial charge in [0.1, 0.15) is 10.3 Å². The van der Waals surface area contributed by atoms with Gasteiger partial charge in [0.25, 0.3) is 0 Å². The minimum absolute atomic E-state index is 0.124. The maximum Gasteiger partial charge on any atom is 0.337 e. The molecule has 0 spiro atoms. The van der Waals surface area contributed by atoms with Gasteiger partial charge in [0.2, 0.25) is 5.95 Å². The molecule has 136 valence electrons. The van der Waals surface area contributed by atoms with Crippen molar-refractivity contribution in [3.63, 3.8) is 0 Å². The summed E-state index contributed by atoms with van der Waals surface area (Å²) in [5.74, 6) is -0.581. The van der Waals surface area contributed by atoms with Crippen LogP contribution in [0, 0.1) is 6.92 Å². The first-order valence-electron chi connectivity index (χ1n) is 8.13. The minimum atomic E-state index is -0.427. The second kappa shape index (κ2) is 7.33. The van der Waals surface area contributed by atoms with Crippen LogP contribution < -0.4 is 5.73 Å². The number of esters is 2. The largest absolute Gasteiger partial charge is 0.465 e. The highest BCUT2D eigenvalue weighted by molar-refractivity contribution is 8.00. The van der Waals surface area contributed by atoms with E-state index in [4.69, 9.17) is 15.2 Å². The zero-order chi connectivity index (χ0) is 18.8. The Bertz CT molecular complexity index is 885. The molecule has 8 heteroatoms. The molecule has 0 amide bonds. The molecule has 1 atom stereocenters. The summed E-state index contributed by atoms with van der Waals surface area (Å²) in [6, 6.07) is 5.26. The first kappa shape index (κ1) is 18.2. The number of aromatic nitrogens is 2. The van der Waals surface area contributed by atoms with Gasteiger partial charge in [0.05, 0.1) is 25.0 Å². The number of aryl methyl sites for hydroxylation is 1. The zero-order valence-corrected chi connectivity index (χ0v) is 15.6. The maximum atomic E-state index is 12.1. The topological polar surface area (TPSA) is 104 Å². The van der Waals surface area contributed by atoms with Gasteiger partial charge in [-0.3, -0.25) is 4.79 Å². The van der Waals surface area contributed by atoms with Crippen molar-refractivity contribution in [2.75, 3.05) is 19.5 Å². The summed E-state index contributed by atoms with van der Waals surface area (Å²) in [7, 11) is 1.34. The number of hydrogen-bond donors (Lipinski definition) is 1. The number of fused-ring (bicyclic) bond motifs is 1. The average molecular weight is 373 g/mol. The molecule has 1 aromatic heterocycles. The van der Waals surface area contributed by atoms with Gasteiger partial charge >= 0.3 is 11.9 Å². The van der Waals surface area contributed by atoms with Crippen molar-refractivity contribution in [3.8, 4) is 11.3 Å². The van der Waals surface area contributed by atoms with Crippen molar-refractivity contribution in [2.45, 2.75) is 30.5 Å². The summed E-state index contributed by atoms with van der Waals surface area (Å²) < 4.78 is 9.92. The SMILES string of the molecule is CCOC(=O)C1Cc2c(nc(N)nc2-c2cc(C(=O)OC)ccc2C)S1. The van der Waals surface area contributed by atoms with Crippen LogP contribution in [0.4, 0.5) is 5.95 Å². The second-order valence-corrected chi connectivity index (χ2v) is 6.99. The summed E-state index contributed by atoms with van der Waals surface area (Å²) in [6.45, 7) is 4.02. The summed E-state index contributed by atoms with van der Waals surface area (Å²) >= 11 is 1.33. The van der Waals surface area contributed by atoms with Crippen LogP contribution in [-0.2, 0) is 20.7 Å². The molecule has 2 N–H and O–H groups in total. The van der Waals surface area contributed by atoms with E-state index in [0.29, 0.717) is 29.3 Å². The molecular formula is C18H19N3O4S. The predicted molar refractivity (Wildman–Crippen MR) is 97.9 cm³/mol. The van der Waals surface area contributed by atoms with Crippen LogP contribution in [0.25, 0.3) is 11.3 Å². The highest BCUT2D eigenvalue weighted by Crippen LogP contribution is 2.41. The number of ether oxygens (including phenoxy) is 2. The number of hydrogen-bond acceptors (Lipinski definition) is 8. The Morgan fingerprint density at radius 2 is 2.12 bits per heavy atom. The Hall–Kier alpha value is -2.61. The van der Waals surface area contributed by atoms with Crippen LogP contribution in [0.3, 0.4) is 0 Å². The Kier molecular flexibility index (Phi) is 5.13. The molecule has 1 aliphatic rings. The fourth-order valence-electron chi connectivity index (χ4n) is 2.83. The van der Waals surface area contributed by atoms with Gasteiger partial charge in [0.15, 0.2) is 0 Å². The van der Waals surface area contributed by atoms with E-state index < -0.39 is 5.97 Å². The van der Waals surface area contributed by atoms with Crippen LogP contribution in [0.1, 0.15) is 28.4 Å². The molecule has 0 aliphatic carbocycles. The molecule has 2 aromatic rings. The van der Waals surface area contributed by atoms with Crippen molar-refractivity contribution in [3.05, 3.63) is 34.9 Å². The molecule has 26 heavy (non-hydrogen) atoms. The van der Waals surface area contributed by atoms with E-state index in [1.165, 1.54) is 18.9 Å². The normalized spacial score (nSPS) is 15.4. The van der Waals surface area contributed by atoms with Crippen LogP contribution >= 0.6 is 11.8 Å². The van der Waals surface area contributed by atoms with Crippen molar-refractivity contribution < 1.29 is 19.1 Å². The lowest BCUT2D eigenvalue weighted by molar-refractivity contribution is -0.142. The van der Waals surface area contributed by atoms with Gasteiger partial charge < -0.3 is 15.2 Å². The van der Waals surface area contributed by atoms with Crippen LogP contribution in [-0.4, -0.2) is 40.9 Å². The molecule has 1 aromatic carbocycles. The van der Waals surface area contributed by atoms with Crippen molar-refractivity contribution >= 4 is 29.6 Å². The monoisotopic (exact) mass is 373 g/mol. The fourth-order valence-corrected chi connectivity index (χ4v) is 3.99. The van der Waals surface area contributed by atoms with E-state index >= 15 is 0 Å². The summed E-state index contributed by atoms with van der Waals surface area (Å²) in [6.07, 6.45) is 0.455. The molecule has 0 bridgehead atoms. The molecule has 0 saturated carbocycles. The Morgan fingerprint density at radius 1 is 1.35 bits per heavy atom. The standard InChI is InChI=1S/C18H19N3O4S/c1-4-25-17(23)13-8-12-14(20-18(19)21-15(12)26-13)11-7-10(16(22)24-3)6-5-9(11)2/h5-7,13H,4,8H2,1-3H3,(H2,19,20,21). The first-order valence-corrected chi connectivity index (χ1v) is 9.01. The number of nitrogens with zero attached hydrogens (tertiary/aromatic N) is 2. The smallest absolute Gasteiger partial charge is 0.337 e. The summed E-state index contributed by atoms with van der Waals surface area (Å²) in [5, 5.41) is 0.303.